The predicted octanol–water partition coefficient (Wildman–Crippen LogP) is 4.86. The molecule has 0 saturated carbocycles. The molecular weight excluding hydrogens is 434 g/mol. The molecule has 31 heavy (non-hydrogen) atoms. The van der Waals surface area contributed by atoms with Crippen molar-refractivity contribution in [3.63, 3.8) is 0 Å². The second-order valence-electron chi connectivity index (χ2n) is 6.62. The molecule has 0 unspecified atom stereocenters. The van der Waals surface area contributed by atoms with Gasteiger partial charge in [-0.1, -0.05) is 17.4 Å². The van der Waals surface area contributed by atoms with E-state index in [0.29, 0.717) is 27.7 Å². The third-order valence-electron chi connectivity index (χ3n) is 4.82. The van der Waals surface area contributed by atoms with Crippen LogP contribution in [-0.4, -0.2) is 37.6 Å². The van der Waals surface area contributed by atoms with Crippen molar-refractivity contribution in [1.82, 2.24) is 14.5 Å². The second-order valence-corrected chi connectivity index (χ2v) is 8.41. The van der Waals surface area contributed by atoms with Crippen LogP contribution in [0.15, 0.2) is 59.4 Å². The van der Waals surface area contributed by atoms with Gasteiger partial charge in [-0.2, -0.15) is 11.3 Å². The average Bonchev–Trinajstić information content (AvgIpc) is 3.52. The Morgan fingerprint density at radius 2 is 2.03 bits per heavy atom. The Hall–Kier alpha value is -3.69. The van der Waals surface area contributed by atoms with Gasteiger partial charge in [-0.3, -0.25) is 14.3 Å². The van der Waals surface area contributed by atoms with Crippen LogP contribution in [0.25, 0.3) is 26.6 Å². The molecule has 7 nitrogen and oxygen atoms in total. The molecule has 0 radical (unpaired) electrons. The number of carbonyl (C=O) groups excluding carboxylic acids is 1. The molecule has 4 heterocycles. The molecule has 5 rings (SSSR count). The summed E-state index contributed by atoms with van der Waals surface area (Å²) in [6.07, 6.45) is 1.51. The summed E-state index contributed by atoms with van der Waals surface area (Å²) in [5.74, 6) is -0.761. The number of rotatable bonds is 5. The van der Waals surface area contributed by atoms with E-state index in [4.69, 9.17) is 4.74 Å². The molecule has 0 fully saturated rings. The van der Waals surface area contributed by atoms with Crippen molar-refractivity contribution < 1.29 is 19.7 Å². The van der Waals surface area contributed by atoms with Gasteiger partial charge in [0.1, 0.15) is 11.4 Å². The number of nitrogens with zero attached hydrogens (tertiary/aromatic N) is 3. The normalized spacial score (nSPS) is 11.1. The van der Waals surface area contributed by atoms with Crippen LogP contribution in [0.2, 0.25) is 0 Å². The number of fused-ring (bicyclic) bond motifs is 1. The summed E-state index contributed by atoms with van der Waals surface area (Å²) in [7, 11) is 1.59. The number of thiazole rings is 1. The number of ketones is 1. The number of pyridine rings is 1. The number of thiophene rings is 1. The van der Waals surface area contributed by atoms with E-state index in [1.807, 2.05) is 29.0 Å². The van der Waals surface area contributed by atoms with Crippen molar-refractivity contribution in [2.24, 2.45) is 0 Å². The highest BCUT2D eigenvalue weighted by molar-refractivity contribution is 7.20. The zero-order valence-electron chi connectivity index (χ0n) is 16.1. The standard InChI is InChI=1S/C22H15N3O4S2/c1-29-13-5-6-14-16(10-13)31-22(24-14)25-18(12-7-9-30-11-12)17(20(27)21(25)28)19(26)15-4-2-3-8-23-15/h2-11,27-28H,1H3. The molecule has 5 aromatic rings. The summed E-state index contributed by atoms with van der Waals surface area (Å²) < 4.78 is 7.53. The van der Waals surface area contributed by atoms with Gasteiger partial charge in [-0.15, -0.1) is 0 Å². The number of hydrogen-bond donors (Lipinski definition) is 2. The molecule has 0 spiro atoms. The highest BCUT2D eigenvalue weighted by atomic mass is 32.1. The monoisotopic (exact) mass is 449 g/mol. The highest BCUT2D eigenvalue weighted by Gasteiger charge is 2.31. The maximum atomic E-state index is 13.3. The minimum atomic E-state index is -0.506. The largest absolute Gasteiger partial charge is 0.503 e. The quantitative estimate of drug-likeness (QED) is 0.372. The summed E-state index contributed by atoms with van der Waals surface area (Å²) in [4.78, 5) is 22.0. The average molecular weight is 450 g/mol. The van der Waals surface area contributed by atoms with Crippen molar-refractivity contribution in [3.05, 3.63) is 70.7 Å². The van der Waals surface area contributed by atoms with E-state index >= 15 is 0 Å². The van der Waals surface area contributed by atoms with E-state index in [1.165, 1.54) is 33.4 Å². The van der Waals surface area contributed by atoms with Crippen molar-refractivity contribution >= 4 is 38.7 Å². The first-order chi connectivity index (χ1) is 15.1. The number of ether oxygens (including phenoxy) is 1. The molecule has 0 bridgehead atoms. The highest BCUT2D eigenvalue weighted by Crippen LogP contribution is 2.45. The minimum Gasteiger partial charge on any atom is -0.503 e. The topological polar surface area (TPSA) is 97.5 Å². The van der Waals surface area contributed by atoms with E-state index in [-0.39, 0.29) is 11.3 Å². The van der Waals surface area contributed by atoms with Crippen LogP contribution in [0, 0.1) is 0 Å². The van der Waals surface area contributed by atoms with E-state index in [0.717, 1.165) is 4.70 Å². The number of carbonyl (C=O) groups is 1. The van der Waals surface area contributed by atoms with Gasteiger partial charge in [0, 0.05) is 17.1 Å². The van der Waals surface area contributed by atoms with E-state index in [1.54, 1.807) is 31.4 Å². The van der Waals surface area contributed by atoms with Gasteiger partial charge in [-0.05, 0) is 41.8 Å². The summed E-state index contributed by atoms with van der Waals surface area (Å²) in [5.41, 5.74) is 1.89. The first kappa shape index (κ1) is 19.3. The van der Waals surface area contributed by atoms with Gasteiger partial charge in [0.15, 0.2) is 10.9 Å². The molecule has 0 saturated heterocycles. The molecular formula is C22H15N3O4S2. The Bertz CT molecular complexity index is 1410. The number of aromatic hydroxyl groups is 2. The molecule has 4 aromatic heterocycles. The zero-order valence-corrected chi connectivity index (χ0v) is 17.8. The fraction of sp³-hybridized carbons (Fsp3) is 0.0455. The molecule has 1 aromatic carbocycles. The van der Waals surface area contributed by atoms with Gasteiger partial charge < -0.3 is 14.9 Å². The Morgan fingerprint density at radius 3 is 2.74 bits per heavy atom. The fourth-order valence-corrected chi connectivity index (χ4v) is 5.01. The molecule has 0 atom stereocenters. The van der Waals surface area contributed by atoms with Crippen molar-refractivity contribution in [2.45, 2.75) is 0 Å². The third kappa shape index (κ3) is 3.15. The van der Waals surface area contributed by atoms with Gasteiger partial charge in [-0.25, -0.2) is 4.98 Å². The Labute approximate surface area is 184 Å². The van der Waals surface area contributed by atoms with Crippen LogP contribution >= 0.6 is 22.7 Å². The fourth-order valence-electron chi connectivity index (χ4n) is 3.36. The van der Waals surface area contributed by atoms with Crippen LogP contribution in [0.4, 0.5) is 0 Å². The summed E-state index contributed by atoms with van der Waals surface area (Å²) in [6, 6.07) is 12.3. The number of hydrogen-bond acceptors (Lipinski definition) is 8. The van der Waals surface area contributed by atoms with Gasteiger partial charge in [0.25, 0.3) is 0 Å². The van der Waals surface area contributed by atoms with Crippen LogP contribution in [0.1, 0.15) is 16.1 Å². The van der Waals surface area contributed by atoms with Crippen LogP contribution in [0.3, 0.4) is 0 Å². The van der Waals surface area contributed by atoms with Crippen molar-refractivity contribution in [3.8, 4) is 33.8 Å². The molecule has 2 N–H and O–H groups in total. The molecule has 0 aliphatic heterocycles. The minimum absolute atomic E-state index is 0.0218. The number of methoxy groups -OCH3 is 1. The SMILES string of the molecule is COc1ccc2nc(-n3c(O)c(O)c(C(=O)c4ccccn4)c3-c3ccsc3)sc2c1. The smallest absolute Gasteiger partial charge is 0.242 e. The van der Waals surface area contributed by atoms with Gasteiger partial charge in [0.2, 0.25) is 11.7 Å². The lowest BCUT2D eigenvalue weighted by molar-refractivity contribution is 0.103. The Balaban J connectivity index is 1.78. The number of benzene rings is 1. The lowest BCUT2D eigenvalue weighted by Crippen LogP contribution is -2.06. The van der Waals surface area contributed by atoms with Crippen molar-refractivity contribution in [2.75, 3.05) is 7.11 Å². The number of aromatic nitrogens is 3. The van der Waals surface area contributed by atoms with E-state index < -0.39 is 17.4 Å². The van der Waals surface area contributed by atoms with Crippen LogP contribution in [0.5, 0.6) is 17.4 Å². The first-order valence-corrected chi connectivity index (χ1v) is 10.9. The second kappa shape index (κ2) is 7.53. The van der Waals surface area contributed by atoms with Crippen molar-refractivity contribution in [1.29, 1.82) is 0 Å². The molecule has 0 aliphatic carbocycles. The maximum Gasteiger partial charge on any atom is 0.242 e. The van der Waals surface area contributed by atoms with E-state index in [9.17, 15) is 15.0 Å². The Morgan fingerprint density at radius 1 is 1.16 bits per heavy atom. The summed E-state index contributed by atoms with van der Waals surface area (Å²) in [5, 5.41) is 25.8. The first-order valence-electron chi connectivity index (χ1n) is 9.18. The van der Waals surface area contributed by atoms with Gasteiger partial charge >= 0.3 is 0 Å². The Kier molecular flexibility index (Phi) is 4.68. The zero-order chi connectivity index (χ0) is 21.5. The van der Waals surface area contributed by atoms with Crippen LogP contribution < -0.4 is 4.74 Å². The third-order valence-corrected chi connectivity index (χ3v) is 6.50. The van der Waals surface area contributed by atoms with Crippen LogP contribution in [-0.2, 0) is 0 Å². The molecule has 0 aliphatic rings. The lowest BCUT2D eigenvalue weighted by atomic mass is 10.0. The molecule has 154 valence electrons. The predicted molar refractivity (Wildman–Crippen MR) is 120 cm³/mol. The maximum absolute atomic E-state index is 13.3. The molecule has 0 amide bonds. The summed E-state index contributed by atoms with van der Waals surface area (Å²) >= 11 is 2.75. The molecule has 9 heteroatoms. The lowest BCUT2D eigenvalue weighted by Gasteiger charge is -2.07. The van der Waals surface area contributed by atoms with Gasteiger partial charge in [0.05, 0.1) is 28.6 Å². The summed E-state index contributed by atoms with van der Waals surface area (Å²) in [6.45, 7) is 0. The van der Waals surface area contributed by atoms with E-state index in [2.05, 4.69) is 9.97 Å².